The lowest BCUT2D eigenvalue weighted by molar-refractivity contribution is -0.119. The highest BCUT2D eigenvalue weighted by Crippen LogP contribution is 2.32. The molecule has 1 aliphatic rings. The van der Waals surface area contributed by atoms with E-state index in [9.17, 15) is 9.59 Å². The predicted molar refractivity (Wildman–Crippen MR) is 80.7 cm³/mol. The van der Waals surface area contributed by atoms with Crippen molar-refractivity contribution in [1.29, 1.82) is 0 Å². The molecule has 6 nitrogen and oxygen atoms in total. The van der Waals surface area contributed by atoms with E-state index in [1.165, 1.54) is 7.11 Å². The van der Waals surface area contributed by atoms with Gasteiger partial charge in [-0.1, -0.05) is 6.07 Å². The maximum atomic E-state index is 12.8. The van der Waals surface area contributed by atoms with Crippen LogP contribution in [0.25, 0.3) is 0 Å². The van der Waals surface area contributed by atoms with Crippen molar-refractivity contribution in [2.45, 2.75) is 13.0 Å². The summed E-state index contributed by atoms with van der Waals surface area (Å²) in [6, 6.07) is 7.40. The number of aryl methyl sites for hydroxylation is 1. The van der Waals surface area contributed by atoms with Crippen molar-refractivity contribution in [3.05, 3.63) is 53.3 Å². The number of nitrogens with two attached hydrogens (primary N) is 1. The fraction of sp³-hybridized carbons (Fsp3) is 0.188. The van der Waals surface area contributed by atoms with E-state index in [1.807, 2.05) is 0 Å². The first kappa shape index (κ1) is 14.2. The summed E-state index contributed by atoms with van der Waals surface area (Å²) in [6.07, 6.45) is 1.61. The average molecular weight is 297 g/mol. The van der Waals surface area contributed by atoms with Crippen LogP contribution in [0.3, 0.4) is 0 Å². The molecule has 0 saturated heterocycles. The molecule has 0 fully saturated rings. The summed E-state index contributed by atoms with van der Waals surface area (Å²) in [5.74, 6) is -0.341. The third-order valence-corrected chi connectivity index (χ3v) is 3.74. The number of hydrogen-bond acceptors (Lipinski definition) is 5. The van der Waals surface area contributed by atoms with Gasteiger partial charge in [0.05, 0.1) is 18.5 Å². The number of methoxy groups -OCH3 is 1. The number of anilines is 1. The van der Waals surface area contributed by atoms with Gasteiger partial charge in [0.1, 0.15) is 11.8 Å². The highest BCUT2D eigenvalue weighted by atomic mass is 16.5. The Kier molecular flexibility index (Phi) is 3.38. The topological polar surface area (TPSA) is 85.5 Å². The summed E-state index contributed by atoms with van der Waals surface area (Å²) >= 11 is 0. The Balaban J connectivity index is 2.17. The molecule has 2 aromatic rings. The van der Waals surface area contributed by atoms with Crippen molar-refractivity contribution in [1.82, 2.24) is 4.98 Å². The zero-order valence-electron chi connectivity index (χ0n) is 12.2. The maximum absolute atomic E-state index is 12.8. The van der Waals surface area contributed by atoms with Crippen LogP contribution in [-0.2, 0) is 4.79 Å². The van der Waals surface area contributed by atoms with Crippen LogP contribution in [0.4, 0.5) is 5.69 Å². The standard InChI is InChI=1S/C16H15N3O3/c1-9-13(4-3-7-18-9)19-15(20)12-8-10(22-2)5-6-11(12)14(17)16(19)21/h3-8,14H,17H2,1-2H3. The Morgan fingerprint density at radius 3 is 2.73 bits per heavy atom. The largest absolute Gasteiger partial charge is 0.497 e. The second kappa shape index (κ2) is 5.23. The van der Waals surface area contributed by atoms with Gasteiger partial charge in [-0.15, -0.1) is 0 Å². The van der Waals surface area contributed by atoms with Crippen molar-refractivity contribution in [3.8, 4) is 5.75 Å². The number of benzene rings is 1. The Labute approximate surface area is 127 Å². The van der Waals surface area contributed by atoms with E-state index in [0.717, 1.165) is 4.90 Å². The number of carbonyl (C=O) groups is 2. The first-order valence-corrected chi connectivity index (χ1v) is 6.78. The lowest BCUT2D eigenvalue weighted by Crippen LogP contribution is -2.48. The van der Waals surface area contributed by atoms with E-state index in [-0.39, 0.29) is 0 Å². The van der Waals surface area contributed by atoms with E-state index >= 15 is 0 Å². The number of aromatic nitrogens is 1. The number of nitrogens with zero attached hydrogens (tertiary/aromatic N) is 2. The van der Waals surface area contributed by atoms with Crippen LogP contribution in [0.2, 0.25) is 0 Å². The first-order valence-electron chi connectivity index (χ1n) is 6.78. The number of pyridine rings is 1. The van der Waals surface area contributed by atoms with Crippen LogP contribution >= 0.6 is 0 Å². The number of imide groups is 1. The van der Waals surface area contributed by atoms with Crippen LogP contribution < -0.4 is 15.4 Å². The number of fused-ring (bicyclic) bond motifs is 1. The molecular weight excluding hydrogens is 282 g/mol. The molecule has 0 spiro atoms. The van der Waals surface area contributed by atoms with Gasteiger partial charge in [-0.25, -0.2) is 4.90 Å². The number of amides is 2. The van der Waals surface area contributed by atoms with Crippen molar-refractivity contribution in [2.24, 2.45) is 5.73 Å². The molecular formula is C16H15N3O3. The molecule has 0 aliphatic carbocycles. The fourth-order valence-electron chi connectivity index (χ4n) is 2.55. The summed E-state index contributed by atoms with van der Waals surface area (Å²) in [7, 11) is 1.52. The predicted octanol–water partition coefficient (Wildman–Crippen LogP) is 1.59. The third-order valence-electron chi connectivity index (χ3n) is 3.74. The molecule has 112 valence electrons. The van der Waals surface area contributed by atoms with Gasteiger partial charge in [0.15, 0.2) is 0 Å². The molecule has 2 heterocycles. The van der Waals surface area contributed by atoms with Gasteiger partial charge in [-0.05, 0) is 36.8 Å². The summed E-state index contributed by atoms with van der Waals surface area (Å²) in [6.45, 7) is 1.74. The summed E-state index contributed by atoms with van der Waals surface area (Å²) in [5.41, 5.74) is 7.93. The SMILES string of the molecule is COc1ccc2c(c1)C(=O)N(c1cccnc1C)C(=O)C2N. The minimum absolute atomic E-state index is 0.370. The number of ether oxygens (including phenoxy) is 1. The molecule has 1 unspecified atom stereocenters. The van der Waals surface area contributed by atoms with Crippen molar-refractivity contribution < 1.29 is 14.3 Å². The Morgan fingerprint density at radius 1 is 1.27 bits per heavy atom. The molecule has 1 aromatic heterocycles. The van der Waals surface area contributed by atoms with E-state index in [1.54, 1.807) is 43.5 Å². The third kappa shape index (κ3) is 2.05. The van der Waals surface area contributed by atoms with Gasteiger partial charge >= 0.3 is 0 Å². The van der Waals surface area contributed by atoms with Gasteiger partial charge < -0.3 is 10.5 Å². The maximum Gasteiger partial charge on any atom is 0.265 e. The van der Waals surface area contributed by atoms with Gasteiger partial charge in [-0.2, -0.15) is 0 Å². The highest BCUT2D eigenvalue weighted by molar-refractivity contribution is 6.26. The smallest absolute Gasteiger partial charge is 0.265 e. The molecule has 3 rings (SSSR count). The molecule has 6 heteroatoms. The van der Waals surface area contributed by atoms with Gasteiger partial charge in [0, 0.05) is 11.8 Å². The molecule has 2 N–H and O–H groups in total. The number of carbonyl (C=O) groups excluding carboxylic acids is 2. The van der Waals surface area contributed by atoms with E-state index in [0.29, 0.717) is 28.3 Å². The van der Waals surface area contributed by atoms with Crippen LogP contribution in [0.15, 0.2) is 36.5 Å². The van der Waals surface area contributed by atoms with Gasteiger partial charge in [0.25, 0.3) is 11.8 Å². The van der Waals surface area contributed by atoms with E-state index in [4.69, 9.17) is 10.5 Å². The molecule has 1 aromatic carbocycles. The van der Waals surface area contributed by atoms with Crippen molar-refractivity contribution >= 4 is 17.5 Å². The normalized spacial score (nSPS) is 17.4. The van der Waals surface area contributed by atoms with Crippen LogP contribution in [0.5, 0.6) is 5.75 Å². The average Bonchev–Trinajstić information content (AvgIpc) is 2.54. The zero-order valence-corrected chi connectivity index (χ0v) is 12.2. The van der Waals surface area contributed by atoms with Gasteiger partial charge in [-0.3, -0.25) is 14.6 Å². The minimum atomic E-state index is -0.891. The number of rotatable bonds is 2. The summed E-state index contributed by atoms with van der Waals surface area (Å²) < 4.78 is 5.15. The zero-order chi connectivity index (χ0) is 15.9. The molecule has 1 atom stereocenters. The van der Waals surface area contributed by atoms with Crippen molar-refractivity contribution in [2.75, 3.05) is 12.0 Å². The molecule has 1 aliphatic heterocycles. The lowest BCUT2D eigenvalue weighted by atomic mass is 9.93. The fourth-order valence-corrected chi connectivity index (χ4v) is 2.55. The van der Waals surface area contributed by atoms with E-state index in [2.05, 4.69) is 4.98 Å². The molecule has 2 amide bonds. The lowest BCUT2D eigenvalue weighted by Gasteiger charge is -2.31. The summed E-state index contributed by atoms with van der Waals surface area (Å²) in [5, 5.41) is 0. The molecule has 0 bridgehead atoms. The van der Waals surface area contributed by atoms with Crippen molar-refractivity contribution in [3.63, 3.8) is 0 Å². The van der Waals surface area contributed by atoms with Crippen LogP contribution in [0.1, 0.15) is 27.7 Å². The second-order valence-electron chi connectivity index (χ2n) is 5.02. The Morgan fingerprint density at radius 2 is 2.05 bits per heavy atom. The molecule has 0 saturated carbocycles. The van der Waals surface area contributed by atoms with Crippen LogP contribution in [0, 0.1) is 6.92 Å². The molecule has 22 heavy (non-hydrogen) atoms. The summed E-state index contributed by atoms with van der Waals surface area (Å²) in [4.78, 5) is 30.5. The quantitative estimate of drug-likeness (QED) is 0.851. The highest BCUT2D eigenvalue weighted by Gasteiger charge is 2.38. The molecule has 0 radical (unpaired) electrons. The second-order valence-corrected chi connectivity index (χ2v) is 5.02. The van der Waals surface area contributed by atoms with Crippen LogP contribution in [-0.4, -0.2) is 23.9 Å². The Bertz CT molecular complexity index is 773. The monoisotopic (exact) mass is 297 g/mol. The first-order chi connectivity index (χ1) is 10.5. The Hall–Kier alpha value is -2.73. The van der Waals surface area contributed by atoms with Gasteiger partial charge in [0.2, 0.25) is 0 Å². The minimum Gasteiger partial charge on any atom is -0.497 e. The van der Waals surface area contributed by atoms with E-state index < -0.39 is 17.9 Å². The number of hydrogen-bond donors (Lipinski definition) is 1.